The number of amides is 1. The zero-order valence-corrected chi connectivity index (χ0v) is 12.2. The van der Waals surface area contributed by atoms with Gasteiger partial charge in [0.15, 0.2) is 0 Å². The summed E-state index contributed by atoms with van der Waals surface area (Å²) in [5.74, 6) is 1.95. The minimum Gasteiger partial charge on any atom is -0.273 e. The molecule has 0 N–H and O–H groups in total. The summed E-state index contributed by atoms with van der Waals surface area (Å²) in [5.41, 5.74) is 1.28. The Balaban J connectivity index is 0.000000357. The molecule has 0 saturated heterocycles. The predicted octanol–water partition coefficient (Wildman–Crippen LogP) is 4.55. The van der Waals surface area contributed by atoms with Crippen molar-refractivity contribution in [2.45, 2.75) is 66.2 Å². The summed E-state index contributed by atoms with van der Waals surface area (Å²) in [6.45, 7) is 10.1. The Morgan fingerprint density at radius 3 is 2.22 bits per heavy atom. The van der Waals surface area contributed by atoms with Crippen molar-refractivity contribution in [3.8, 4) is 0 Å². The molecule has 2 fully saturated rings. The van der Waals surface area contributed by atoms with Gasteiger partial charge in [-0.1, -0.05) is 47.0 Å². The van der Waals surface area contributed by atoms with Crippen LogP contribution in [0, 0.1) is 27.6 Å². The van der Waals surface area contributed by atoms with Gasteiger partial charge in [0.05, 0.1) is 0 Å². The summed E-state index contributed by atoms with van der Waals surface area (Å²) in [7, 11) is 0. The Bertz CT molecular complexity index is 295. The zero-order valence-electron chi connectivity index (χ0n) is 12.2. The first-order chi connectivity index (χ1) is 8.38. The van der Waals surface area contributed by atoms with Gasteiger partial charge in [-0.15, -0.1) is 4.91 Å². The number of nitrogens with zero attached hydrogens (tertiary/aromatic N) is 1. The molecule has 2 aliphatic rings. The van der Waals surface area contributed by atoms with Crippen LogP contribution in [0.4, 0.5) is 0 Å². The van der Waals surface area contributed by atoms with E-state index in [0.29, 0.717) is 10.8 Å². The molecule has 0 aromatic rings. The maximum atomic E-state index is 8.69. The van der Waals surface area contributed by atoms with Crippen LogP contribution in [-0.2, 0) is 4.79 Å². The summed E-state index contributed by atoms with van der Waals surface area (Å²) in [6, 6.07) is 0. The molecule has 0 aliphatic heterocycles. The van der Waals surface area contributed by atoms with E-state index >= 15 is 0 Å². The van der Waals surface area contributed by atoms with Gasteiger partial charge in [-0.25, -0.2) is 0 Å². The molecule has 2 rings (SSSR count). The Morgan fingerprint density at radius 1 is 1.11 bits per heavy atom. The molecular weight excluding hydrogens is 226 g/mol. The van der Waals surface area contributed by atoms with Crippen LogP contribution in [0.15, 0.2) is 5.18 Å². The van der Waals surface area contributed by atoms with Crippen molar-refractivity contribution in [3.05, 3.63) is 4.91 Å². The first kappa shape index (κ1) is 15.3. The predicted molar refractivity (Wildman–Crippen MR) is 74.1 cm³/mol. The highest BCUT2D eigenvalue weighted by Crippen LogP contribution is 2.59. The summed E-state index contributed by atoms with van der Waals surface area (Å²) in [5, 5.41) is 1.81. The molecule has 0 heterocycles. The van der Waals surface area contributed by atoms with Crippen LogP contribution in [0.5, 0.6) is 0 Å². The molecule has 0 aromatic heterocycles. The van der Waals surface area contributed by atoms with E-state index in [1.165, 1.54) is 38.5 Å². The number of rotatable bonds is 1. The van der Waals surface area contributed by atoms with Gasteiger partial charge in [-0.05, 0) is 41.9 Å². The van der Waals surface area contributed by atoms with Gasteiger partial charge in [0.1, 0.15) is 0 Å². The van der Waals surface area contributed by atoms with Crippen molar-refractivity contribution in [1.82, 2.24) is 0 Å². The molecule has 3 nitrogen and oxygen atoms in total. The molecular formula is C15H27NO2. The van der Waals surface area contributed by atoms with Crippen LogP contribution in [-0.4, -0.2) is 6.41 Å². The van der Waals surface area contributed by atoms with Crippen LogP contribution >= 0.6 is 0 Å². The molecule has 0 bridgehead atoms. The lowest BCUT2D eigenvalue weighted by Crippen LogP contribution is -2.47. The smallest absolute Gasteiger partial charge is 0.273 e. The highest BCUT2D eigenvalue weighted by molar-refractivity contribution is 5.46. The quantitative estimate of drug-likeness (QED) is 0.508. The highest BCUT2D eigenvalue weighted by atomic mass is 16.3. The summed E-state index contributed by atoms with van der Waals surface area (Å²) in [4.78, 5) is 17.2. The molecule has 1 unspecified atom stereocenters. The fourth-order valence-corrected chi connectivity index (χ4v) is 4.43. The topological polar surface area (TPSA) is 46.5 Å². The monoisotopic (exact) mass is 253 g/mol. The fraction of sp³-hybridized carbons (Fsp3) is 0.933. The van der Waals surface area contributed by atoms with Crippen molar-refractivity contribution in [2.24, 2.45) is 27.8 Å². The van der Waals surface area contributed by atoms with E-state index < -0.39 is 0 Å². The first-order valence-corrected chi connectivity index (χ1v) is 7.14. The second kappa shape index (κ2) is 5.94. The molecule has 0 aromatic carbocycles. The van der Waals surface area contributed by atoms with Crippen molar-refractivity contribution in [3.63, 3.8) is 0 Å². The largest absolute Gasteiger partial charge is 0.274 e. The minimum atomic E-state index is -0.0556. The van der Waals surface area contributed by atoms with Crippen LogP contribution < -0.4 is 0 Å². The molecule has 2 aliphatic carbocycles. The normalized spacial score (nSPS) is 37.8. The lowest BCUT2D eigenvalue weighted by molar-refractivity contribution is -0.106. The van der Waals surface area contributed by atoms with Crippen molar-refractivity contribution >= 4 is 6.41 Å². The average molecular weight is 253 g/mol. The van der Waals surface area contributed by atoms with Gasteiger partial charge in [0, 0.05) is 5.18 Å². The Labute approximate surface area is 111 Å². The summed E-state index contributed by atoms with van der Waals surface area (Å²) < 4.78 is 0. The number of nitroso groups, excluding NO2 is 1. The van der Waals surface area contributed by atoms with E-state index in [4.69, 9.17) is 9.70 Å². The van der Waals surface area contributed by atoms with Crippen molar-refractivity contribution in [1.29, 1.82) is 0 Å². The number of hydrogen-bond acceptors (Lipinski definition) is 2. The zero-order chi connectivity index (χ0) is 13.8. The van der Waals surface area contributed by atoms with E-state index in [9.17, 15) is 0 Å². The molecule has 0 radical (unpaired) electrons. The van der Waals surface area contributed by atoms with Crippen molar-refractivity contribution < 1.29 is 4.79 Å². The SMILES string of the molecule is C[C@H]1CCCC2C(C)(C)CCC[C@@]21C.O=CN=O. The van der Waals surface area contributed by atoms with E-state index in [0.717, 1.165) is 11.8 Å². The number of carbonyl (C=O) groups excluding carboxylic acids is 1. The van der Waals surface area contributed by atoms with Gasteiger partial charge in [-0.3, -0.25) is 4.79 Å². The fourth-order valence-electron chi connectivity index (χ4n) is 4.43. The minimum absolute atomic E-state index is 0.0556. The Hall–Kier alpha value is -0.730. The van der Waals surface area contributed by atoms with Crippen LogP contribution in [0.1, 0.15) is 66.2 Å². The third kappa shape index (κ3) is 2.99. The van der Waals surface area contributed by atoms with Gasteiger partial charge in [0.25, 0.3) is 6.41 Å². The molecule has 3 atom stereocenters. The number of fused-ring (bicyclic) bond motifs is 1. The second-order valence-electron chi connectivity index (χ2n) is 6.94. The lowest BCUT2D eigenvalue weighted by Gasteiger charge is -2.56. The summed E-state index contributed by atoms with van der Waals surface area (Å²) in [6.07, 6.45) is 8.80. The molecule has 3 heteroatoms. The lowest BCUT2D eigenvalue weighted by atomic mass is 9.49. The Kier molecular flexibility index (Phi) is 5.06. The van der Waals surface area contributed by atoms with E-state index in [2.05, 4.69) is 27.7 Å². The van der Waals surface area contributed by atoms with Crippen molar-refractivity contribution in [2.75, 3.05) is 0 Å². The average Bonchev–Trinajstić information content (AvgIpc) is 2.31. The first-order valence-electron chi connectivity index (χ1n) is 7.14. The van der Waals surface area contributed by atoms with Gasteiger partial charge in [-0.2, -0.15) is 0 Å². The van der Waals surface area contributed by atoms with E-state index in [1.54, 1.807) is 5.18 Å². The Morgan fingerprint density at radius 2 is 1.72 bits per heavy atom. The third-order valence-corrected chi connectivity index (χ3v) is 5.57. The highest BCUT2D eigenvalue weighted by Gasteiger charge is 2.50. The second-order valence-corrected chi connectivity index (χ2v) is 6.94. The maximum absolute atomic E-state index is 8.69. The van der Waals surface area contributed by atoms with Gasteiger partial charge < -0.3 is 0 Å². The number of hydrogen-bond donors (Lipinski definition) is 0. The molecule has 104 valence electrons. The van der Waals surface area contributed by atoms with Gasteiger partial charge in [0.2, 0.25) is 0 Å². The van der Waals surface area contributed by atoms with Gasteiger partial charge >= 0.3 is 0 Å². The summed E-state index contributed by atoms with van der Waals surface area (Å²) >= 11 is 0. The molecule has 0 spiro atoms. The van der Waals surface area contributed by atoms with E-state index in [-0.39, 0.29) is 6.41 Å². The number of carbonyl (C=O) groups is 1. The molecule has 2 saturated carbocycles. The maximum Gasteiger partial charge on any atom is 0.274 e. The van der Waals surface area contributed by atoms with Crippen LogP contribution in [0.25, 0.3) is 0 Å². The molecule has 18 heavy (non-hydrogen) atoms. The molecule has 1 amide bonds. The standard InChI is InChI=1S/C14H26.CHNO2/c1-11-7-5-8-12-13(2,3)9-6-10-14(11,12)4;3-1-2-4/h11-12H,5-10H2,1-4H3;1H/t11-,12?,14+;/m0./s1. The van der Waals surface area contributed by atoms with Crippen LogP contribution in [0.3, 0.4) is 0 Å². The van der Waals surface area contributed by atoms with Crippen LogP contribution in [0.2, 0.25) is 0 Å². The van der Waals surface area contributed by atoms with E-state index in [1.807, 2.05) is 0 Å². The third-order valence-electron chi connectivity index (χ3n) is 5.57.